The molecule has 1 aliphatic rings. The minimum absolute atomic E-state index is 0.468. The van der Waals surface area contributed by atoms with Gasteiger partial charge in [0.05, 0.1) is 0 Å². The Labute approximate surface area is 104 Å². The SMILES string of the molecule is CCCCCc1cc2c(c(CN)c1O)CCC2. The van der Waals surface area contributed by atoms with Gasteiger partial charge in [-0.2, -0.15) is 0 Å². The molecular formula is C15H23NO. The predicted molar refractivity (Wildman–Crippen MR) is 71.3 cm³/mol. The van der Waals surface area contributed by atoms with Gasteiger partial charge in [-0.1, -0.05) is 25.8 Å². The minimum atomic E-state index is 0.468. The second-order valence-electron chi connectivity index (χ2n) is 5.02. The molecule has 1 aliphatic carbocycles. The maximum absolute atomic E-state index is 10.3. The van der Waals surface area contributed by atoms with Gasteiger partial charge < -0.3 is 10.8 Å². The Morgan fingerprint density at radius 1 is 1.29 bits per heavy atom. The third-order valence-corrected chi connectivity index (χ3v) is 3.82. The summed E-state index contributed by atoms with van der Waals surface area (Å²) in [6.07, 6.45) is 8.05. The zero-order valence-electron chi connectivity index (χ0n) is 10.8. The molecule has 94 valence electrons. The first-order valence-electron chi connectivity index (χ1n) is 6.83. The Bertz CT molecular complexity index is 398. The molecule has 0 spiro atoms. The lowest BCUT2D eigenvalue weighted by Crippen LogP contribution is -2.04. The fourth-order valence-electron chi connectivity index (χ4n) is 2.86. The van der Waals surface area contributed by atoms with Crippen LogP contribution in [0.5, 0.6) is 5.75 Å². The van der Waals surface area contributed by atoms with Crippen LogP contribution in [0.2, 0.25) is 0 Å². The molecule has 3 N–H and O–H groups in total. The standard InChI is InChI=1S/C15H23NO/c1-2-3-4-6-12-9-11-7-5-8-13(11)14(10-16)15(12)17/h9,17H,2-8,10,16H2,1H3. The largest absolute Gasteiger partial charge is 0.507 e. The van der Waals surface area contributed by atoms with Gasteiger partial charge in [-0.25, -0.2) is 0 Å². The van der Waals surface area contributed by atoms with Crippen LogP contribution >= 0.6 is 0 Å². The molecule has 2 rings (SSSR count). The van der Waals surface area contributed by atoms with Crippen molar-refractivity contribution < 1.29 is 5.11 Å². The smallest absolute Gasteiger partial charge is 0.123 e. The lowest BCUT2D eigenvalue weighted by molar-refractivity contribution is 0.458. The van der Waals surface area contributed by atoms with E-state index in [4.69, 9.17) is 5.73 Å². The quantitative estimate of drug-likeness (QED) is 0.768. The van der Waals surface area contributed by atoms with Crippen LogP contribution in [0, 0.1) is 0 Å². The molecule has 0 amide bonds. The lowest BCUT2D eigenvalue weighted by Gasteiger charge is -2.14. The van der Waals surface area contributed by atoms with E-state index in [0.717, 1.165) is 36.8 Å². The Balaban J connectivity index is 2.27. The first kappa shape index (κ1) is 12.4. The van der Waals surface area contributed by atoms with Gasteiger partial charge >= 0.3 is 0 Å². The van der Waals surface area contributed by atoms with Gasteiger partial charge in [-0.05, 0) is 48.8 Å². The molecule has 0 fully saturated rings. The highest BCUT2D eigenvalue weighted by Crippen LogP contribution is 2.35. The van der Waals surface area contributed by atoms with E-state index in [0.29, 0.717) is 12.3 Å². The monoisotopic (exact) mass is 233 g/mol. The van der Waals surface area contributed by atoms with E-state index in [1.807, 2.05) is 0 Å². The molecule has 17 heavy (non-hydrogen) atoms. The van der Waals surface area contributed by atoms with Crippen LogP contribution in [0.1, 0.15) is 54.9 Å². The average Bonchev–Trinajstić information content (AvgIpc) is 2.78. The highest BCUT2D eigenvalue weighted by atomic mass is 16.3. The van der Waals surface area contributed by atoms with Gasteiger partial charge in [-0.15, -0.1) is 0 Å². The number of aromatic hydroxyl groups is 1. The van der Waals surface area contributed by atoms with Crippen molar-refractivity contribution in [1.82, 2.24) is 0 Å². The number of rotatable bonds is 5. The lowest BCUT2D eigenvalue weighted by atomic mass is 9.95. The number of hydrogen-bond donors (Lipinski definition) is 2. The van der Waals surface area contributed by atoms with E-state index < -0.39 is 0 Å². The maximum atomic E-state index is 10.3. The summed E-state index contributed by atoms with van der Waals surface area (Å²) >= 11 is 0. The summed E-state index contributed by atoms with van der Waals surface area (Å²) in [4.78, 5) is 0. The van der Waals surface area contributed by atoms with E-state index in [9.17, 15) is 5.11 Å². The number of phenolic OH excluding ortho intramolecular Hbond substituents is 1. The van der Waals surface area contributed by atoms with Crippen LogP contribution in [-0.2, 0) is 25.8 Å². The summed E-state index contributed by atoms with van der Waals surface area (Å²) < 4.78 is 0. The van der Waals surface area contributed by atoms with Crippen LogP contribution in [0.3, 0.4) is 0 Å². The Morgan fingerprint density at radius 2 is 2.12 bits per heavy atom. The number of phenols is 1. The minimum Gasteiger partial charge on any atom is -0.507 e. The van der Waals surface area contributed by atoms with Crippen molar-refractivity contribution in [3.8, 4) is 5.75 Å². The fourth-order valence-corrected chi connectivity index (χ4v) is 2.86. The van der Waals surface area contributed by atoms with Gasteiger partial charge in [0.2, 0.25) is 0 Å². The van der Waals surface area contributed by atoms with Crippen molar-refractivity contribution >= 4 is 0 Å². The molecule has 1 aromatic rings. The summed E-state index contributed by atoms with van der Waals surface area (Å²) in [5.41, 5.74) is 10.7. The molecule has 1 aromatic carbocycles. The van der Waals surface area contributed by atoms with E-state index in [1.54, 1.807) is 0 Å². The Hall–Kier alpha value is -1.02. The predicted octanol–water partition coefficient (Wildman–Crippen LogP) is 3.07. The molecule has 0 saturated heterocycles. The second-order valence-corrected chi connectivity index (χ2v) is 5.02. The molecule has 0 atom stereocenters. The van der Waals surface area contributed by atoms with E-state index in [-0.39, 0.29) is 0 Å². The van der Waals surface area contributed by atoms with Crippen molar-refractivity contribution in [2.24, 2.45) is 5.73 Å². The zero-order chi connectivity index (χ0) is 12.3. The van der Waals surface area contributed by atoms with Crippen LogP contribution < -0.4 is 5.73 Å². The molecule has 0 aliphatic heterocycles. The van der Waals surface area contributed by atoms with Gasteiger partial charge in [-0.3, -0.25) is 0 Å². The van der Waals surface area contributed by atoms with E-state index in [2.05, 4.69) is 13.0 Å². The molecule has 2 nitrogen and oxygen atoms in total. The third kappa shape index (κ3) is 2.47. The number of unbranched alkanes of at least 4 members (excludes halogenated alkanes) is 2. The van der Waals surface area contributed by atoms with Gasteiger partial charge in [0.1, 0.15) is 5.75 Å². The Kier molecular flexibility index (Phi) is 4.06. The van der Waals surface area contributed by atoms with Crippen molar-refractivity contribution in [1.29, 1.82) is 0 Å². The summed E-state index contributed by atoms with van der Waals surface area (Å²) in [5.74, 6) is 0.476. The first-order valence-corrected chi connectivity index (χ1v) is 6.83. The summed E-state index contributed by atoms with van der Waals surface area (Å²) in [7, 11) is 0. The van der Waals surface area contributed by atoms with E-state index in [1.165, 1.54) is 30.4 Å². The molecule has 0 heterocycles. The fraction of sp³-hybridized carbons (Fsp3) is 0.600. The van der Waals surface area contributed by atoms with Crippen LogP contribution in [0.15, 0.2) is 6.07 Å². The Morgan fingerprint density at radius 3 is 2.82 bits per heavy atom. The second kappa shape index (κ2) is 5.54. The summed E-state index contributed by atoms with van der Waals surface area (Å²) in [5, 5.41) is 10.3. The van der Waals surface area contributed by atoms with Crippen LogP contribution in [0.25, 0.3) is 0 Å². The van der Waals surface area contributed by atoms with Crippen molar-refractivity contribution in [3.63, 3.8) is 0 Å². The van der Waals surface area contributed by atoms with Gasteiger partial charge in [0, 0.05) is 12.1 Å². The first-order chi connectivity index (χ1) is 8.27. The normalized spacial score (nSPS) is 14.0. The van der Waals surface area contributed by atoms with Crippen molar-refractivity contribution in [3.05, 3.63) is 28.3 Å². The zero-order valence-corrected chi connectivity index (χ0v) is 10.8. The highest BCUT2D eigenvalue weighted by Gasteiger charge is 2.19. The maximum Gasteiger partial charge on any atom is 0.123 e. The molecule has 0 bridgehead atoms. The molecular weight excluding hydrogens is 210 g/mol. The van der Waals surface area contributed by atoms with E-state index >= 15 is 0 Å². The van der Waals surface area contributed by atoms with Crippen LogP contribution in [-0.4, -0.2) is 5.11 Å². The van der Waals surface area contributed by atoms with Gasteiger partial charge in [0.15, 0.2) is 0 Å². The summed E-state index contributed by atoms with van der Waals surface area (Å²) in [6, 6.07) is 2.21. The van der Waals surface area contributed by atoms with Crippen LogP contribution in [0.4, 0.5) is 0 Å². The van der Waals surface area contributed by atoms with Crippen molar-refractivity contribution in [2.45, 2.75) is 58.4 Å². The number of fused-ring (bicyclic) bond motifs is 1. The highest BCUT2D eigenvalue weighted by molar-refractivity contribution is 5.51. The molecule has 0 saturated carbocycles. The number of nitrogens with two attached hydrogens (primary N) is 1. The number of aryl methyl sites for hydroxylation is 2. The number of benzene rings is 1. The van der Waals surface area contributed by atoms with Crippen molar-refractivity contribution in [2.75, 3.05) is 0 Å². The molecule has 0 aromatic heterocycles. The molecule has 2 heteroatoms. The summed E-state index contributed by atoms with van der Waals surface area (Å²) in [6.45, 7) is 2.67. The topological polar surface area (TPSA) is 46.2 Å². The third-order valence-electron chi connectivity index (χ3n) is 3.82. The average molecular weight is 233 g/mol. The molecule has 0 radical (unpaired) electrons. The van der Waals surface area contributed by atoms with Gasteiger partial charge in [0.25, 0.3) is 0 Å². The number of hydrogen-bond acceptors (Lipinski definition) is 2. The molecule has 0 unspecified atom stereocenters.